The van der Waals surface area contributed by atoms with Crippen LogP contribution in [-0.4, -0.2) is 55.2 Å². The van der Waals surface area contributed by atoms with E-state index < -0.39 is 23.5 Å². The third-order valence-corrected chi connectivity index (χ3v) is 5.79. The summed E-state index contributed by atoms with van der Waals surface area (Å²) in [4.78, 5) is 27.5. The Kier molecular flexibility index (Phi) is 7.89. The number of aliphatic hydroxyl groups excluding tert-OH is 1. The van der Waals surface area contributed by atoms with Gasteiger partial charge in [-0.2, -0.15) is 0 Å². The molecule has 1 amide bonds. The predicted molar refractivity (Wildman–Crippen MR) is 126 cm³/mol. The first-order valence-electron chi connectivity index (χ1n) is 10.3. The molecule has 1 heterocycles. The molecule has 0 spiro atoms. The number of carbonyl (C=O) groups is 2. The summed E-state index contributed by atoms with van der Waals surface area (Å²) in [6, 6.07) is 8.97. The lowest BCUT2D eigenvalue weighted by atomic mass is 9.94. The molecule has 2 aromatic rings. The molecule has 9 heteroatoms. The Morgan fingerprint density at radius 2 is 1.73 bits per heavy atom. The van der Waals surface area contributed by atoms with Gasteiger partial charge in [0, 0.05) is 17.7 Å². The Morgan fingerprint density at radius 3 is 2.30 bits per heavy atom. The highest BCUT2D eigenvalue weighted by Crippen LogP contribution is 2.44. The second kappa shape index (κ2) is 10.5. The summed E-state index contributed by atoms with van der Waals surface area (Å²) in [6.45, 7) is 4.12. The van der Waals surface area contributed by atoms with Crippen LogP contribution in [0.15, 0.2) is 42.0 Å². The predicted octanol–water partition coefficient (Wildman–Crippen LogP) is 4.86. The lowest BCUT2D eigenvalue weighted by Crippen LogP contribution is -2.33. The minimum Gasteiger partial charge on any atom is -0.507 e. The summed E-state index contributed by atoms with van der Waals surface area (Å²) < 4.78 is 16.2. The number of Topliss-reactive ketones (excluding diaryl/α,β-unsaturated/α-hetero) is 1. The zero-order valence-electron chi connectivity index (χ0n) is 18.7. The first kappa shape index (κ1) is 24.9. The number of benzene rings is 2. The molecule has 3 rings (SSSR count). The van der Waals surface area contributed by atoms with E-state index in [1.54, 1.807) is 24.3 Å². The van der Waals surface area contributed by atoms with Gasteiger partial charge in [0.15, 0.2) is 5.75 Å². The number of ether oxygens (including phenoxy) is 3. The highest BCUT2D eigenvalue weighted by molar-refractivity contribution is 6.46. The van der Waals surface area contributed by atoms with Crippen molar-refractivity contribution in [3.05, 3.63) is 63.1 Å². The third-order valence-electron chi connectivity index (χ3n) is 5.23. The molecule has 7 nitrogen and oxygen atoms in total. The molecule has 1 aliphatic heterocycles. The van der Waals surface area contributed by atoms with Crippen LogP contribution in [0, 0.1) is 0 Å². The molecule has 1 aliphatic rings. The van der Waals surface area contributed by atoms with Crippen molar-refractivity contribution in [3.63, 3.8) is 0 Å². The molecule has 33 heavy (non-hydrogen) atoms. The van der Waals surface area contributed by atoms with Gasteiger partial charge in [-0.1, -0.05) is 41.4 Å². The zero-order chi connectivity index (χ0) is 24.3. The van der Waals surface area contributed by atoms with Gasteiger partial charge in [0.2, 0.25) is 0 Å². The molecule has 0 aromatic heterocycles. The maximum atomic E-state index is 13.1. The molecule has 1 saturated heterocycles. The zero-order valence-corrected chi connectivity index (χ0v) is 20.2. The van der Waals surface area contributed by atoms with Gasteiger partial charge in [-0.05, 0) is 32.0 Å². The van der Waals surface area contributed by atoms with Crippen LogP contribution in [0.3, 0.4) is 0 Å². The van der Waals surface area contributed by atoms with E-state index in [9.17, 15) is 14.7 Å². The number of hydrogen-bond acceptors (Lipinski definition) is 6. The number of amides is 1. The molecule has 1 N–H and O–H groups in total. The molecular weight excluding hydrogens is 469 g/mol. The largest absolute Gasteiger partial charge is 0.507 e. The summed E-state index contributed by atoms with van der Waals surface area (Å²) in [5, 5.41) is 11.5. The van der Waals surface area contributed by atoms with Crippen molar-refractivity contribution < 1.29 is 28.9 Å². The number of hydrogen-bond donors (Lipinski definition) is 1. The van der Waals surface area contributed by atoms with Gasteiger partial charge in [-0.15, -0.1) is 0 Å². The van der Waals surface area contributed by atoms with Crippen molar-refractivity contribution in [3.8, 4) is 11.5 Å². The number of halogens is 2. The van der Waals surface area contributed by atoms with E-state index in [0.29, 0.717) is 11.3 Å². The Morgan fingerprint density at radius 1 is 1.09 bits per heavy atom. The normalized spacial score (nSPS) is 17.7. The van der Waals surface area contributed by atoms with Crippen molar-refractivity contribution in [1.82, 2.24) is 4.90 Å². The fourth-order valence-corrected chi connectivity index (χ4v) is 4.40. The SMILES string of the molecule is COc1ccccc1C1/C(=C(\O)c2cc(Cl)c(OC)c(Cl)c2)C(=O)C(=O)N1CCOC(C)C. The van der Waals surface area contributed by atoms with E-state index in [2.05, 4.69) is 0 Å². The van der Waals surface area contributed by atoms with Crippen molar-refractivity contribution in [2.24, 2.45) is 0 Å². The van der Waals surface area contributed by atoms with Crippen molar-refractivity contribution >= 4 is 40.7 Å². The minimum atomic E-state index is -0.892. The van der Waals surface area contributed by atoms with Gasteiger partial charge in [-0.25, -0.2) is 0 Å². The van der Waals surface area contributed by atoms with Crippen molar-refractivity contribution in [2.75, 3.05) is 27.4 Å². The number of methoxy groups -OCH3 is 2. The van der Waals surface area contributed by atoms with Crippen LogP contribution < -0.4 is 9.47 Å². The summed E-state index contributed by atoms with van der Waals surface area (Å²) in [6.07, 6.45) is -0.0462. The fourth-order valence-electron chi connectivity index (χ4n) is 3.76. The highest BCUT2D eigenvalue weighted by Gasteiger charge is 2.47. The molecule has 0 aliphatic carbocycles. The van der Waals surface area contributed by atoms with E-state index in [1.807, 2.05) is 13.8 Å². The number of rotatable bonds is 8. The second-order valence-corrected chi connectivity index (χ2v) is 8.44. The van der Waals surface area contributed by atoms with E-state index in [0.717, 1.165) is 0 Å². The van der Waals surface area contributed by atoms with Crippen LogP contribution in [0.4, 0.5) is 0 Å². The number of ketones is 1. The van der Waals surface area contributed by atoms with E-state index in [1.165, 1.54) is 31.3 Å². The minimum absolute atomic E-state index is 0.0462. The first-order chi connectivity index (χ1) is 15.7. The molecule has 176 valence electrons. The van der Waals surface area contributed by atoms with E-state index >= 15 is 0 Å². The lowest BCUT2D eigenvalue weighted by molar-refractivity contribution is -0.140. The summed E-state index contributed by atoms with van der Waals surface area (Å²) in [7, 11) is 2.91. The lowest BCUT2D eigenvalue weighted by Gasteiger charge is -2.26. The van der Waals surface area contributed by atoms with Gasteiger partial charge in [0.25, 0.3) is 11.7 Å². The van der Waals surface area contributed by atoms with Crippen LogP contribution in [0.1, 0.15) is 31.0 Å². The highest BCUT2D eigenvalue weighted by atomic mass is 35.5. The van der Waals surface area contributed by atoms with Crippen LogP contribution in [0.25, 0.3) is 5.76 Å². The van der Waals surface area contributed by atoms with Crippen LogP contribution >= 0.6 is 23.2 Å². The van der Waals surface area contributed by atoms with E-state index in [4.69, 9.17) is 37.4 Å². The Hall–Kier alpha value is -2.74. The average Bonchev–Trinajstić information content (AvgIpc) is 3.03. The van der Waals surface area contributed by atoms with Gasteiger partial charge in [0.05, 0.1) is 48.6 Å². The van der Waals surface area contributed by atoms with Gasteiger partial charge in [-0.3, -0.25) is 9.59 Å². The standard InChI is InChI=1S/C24H25Cl2NO6/c1-13(2)33-10-9-27-20(15-7-5-6-8-18(15)31-3)19(22(29)24(27)30)21(28)14-11-16(25)23(32-4)17(26)12-14/h5-8,11-13,20,28H,9-10H2,1-4H3/b21-19+. The average molecular weight is 494 g/mol. The molecule has 0 saturated carbocycles. The molecule has 0 radical (unpaired) electrons. The van der Waals surface area contributed by atoms with Gasteiger partial charge in [0.1, 0.15) is 11.5 Å². The number of para-hydroxylation sites is 1. The molecule has 1 unspecified atom stereocenters. The third kappa shape index (κ3) is 4.95. The van der Waals surface area contributed by atoms with Crippen molar-refractivity contribution in [1.29, 1.82) is 0 Å². The summed E-state index contributed by atoms with van der Waals surface area (Å²) in [5.41, 5.74) is 0.643. The van der Waals surface area contributed by atoms with E-state index in [-0.39, 0.29) is 46.2 Å². The molecular formula is C24H25Cl2NO6. The topological polar surface area (TPSA) is 85.3 Å². The Bertz CT molecular complexity index is 1080. The fraction of sp³-hybridized carbons (Fsp3) is 0.333. The smallest absolute Gasteiger partial charge is 0.295 e. The van der Waals surface area contributed by atoms with Gasteiger partial charge < -0.3 is 24.2 Å². The van der Waals surface area contributed by atoms with Gasteiger partial charge >= 0.3 is 0 Å². The molecule has 1 atom stereocenters. The Labute approximate surface area is 202 Å². The monoisotopic (exact) mass is 493 g/mol. The summed E-state index contributed by atoms with van der Waals surface area (Å²) >= 11 is 12.5. The maximum absolute atomic E-state index is 13.1. The molecule has 0 bridgehead atoms. The van der Waals surface area contributed by atoms with Crippen molar-refractivity contribution in [2.45, 2.75) is 26.0 Å². The quantitative estimate of drug-likeness (QED) is 0.321. The molecule has 2 aromatic carbocycles. The number of aliphatic hydroxyl groups is 1. The summed E-state index contributed by atoms with van der Waals surface area (Å²) in [5.74, 6) is -1.26. The van der Waals surface area contributed by atoms with Crippen LogP contribution in [-0.2, 0) is 14.3 Å². The van der Waals surface area contributed by atoms with Crippen LogP contribution in [0.2, 0.25) is 10.0 Å². The van der Waals surface area contributed by atoms with Crippen LogP contribution in [0.5, 0.6) is 11.5 Å². The Balaban J connectivity index is 2.19. The number of carbonyl (C=O) groups excluding carboxylic acids is 2. The maximum Gasteiger partial charge on any atom is 0.295 e. The molecule has 1 fully saturated rings. The first-order valence-corrected chi connectivity index (χ1v) is 11.0. The number of likely N-dealkylation sites (tertiary alicyclic amines) is 1. The number of nitrogens with zero attached hydrogens (tertiary/aromatic N) is 1. The second-order valence-electron chi connectivity index (χ2n) is 7.63.